The highest BCUT2D eigenvalue weighted by Gasteiger charge is 2.31. The van der Waals surface area contributed by atoms with Gasteiger partial charge in [0.2, 0.25) is 30.5 Å². The fourth-order valence-electron chi connectivity index (χ4n) is 16.9. The lowest BCUT2D eigenvalue weighted by Gasteiger charge is -2.25. The summed E-state index contributed by atoms with van der Waals surface area (Å²) >= 11 is 0. The third-order valence-corrected chi connectivity index (χ3v) is 21.1. The summed E-state index contributed by atoms with van der Waals surface area (Å²) in [7, 11) is 0. The molecule has 0 amide bonds. The molecule has 0 atom stereocenters. The molecule has 0 aliphatic rings. The van der Waals surface area contributed by atoms with Gasteiger partial charge in [-0.25, -0.2) is 39.9 Å². The SMILES string of the molecule is Cc1cc(C)c(B(c2ccc(-c3cc(-c4nc(-c5ccccc5)nc(-n5c6ccccc6c6c7c8ccccc8n(-c8ncncn8)c7ccc65)n4)cc(-c4nc(-c5ccccc5)nc(-n5c6ccccc6c6c7c8ccccc8n(-c8ncncn8)c7ccc65)n4)c3)cc2)c2c(C)cc(C)cc2C)c(C)c1. The molecule has 0 saturated heterocycles. The van der Waals surface area contributed by atoms with Crippen molar-refractivity contribution in [3.8, 4) is 80.5 Å². The Balaban J connectivity index is 0.840. The van der Waals surface area contributed by atoms with Crippen LogP contribution in [0.15, 0.2) is 274 Å². The third-order valence-electron chi connectivity index (χ3n) is 21.1. The summed E-state index contributed by atoms with van der Waals surface area (Å²) in [6.45, 7) is 13.4. The lowest BCUT2D eigenvalue weighted by molar-refractivity contribution is 0.939. The van der Waals surface area contributed by atoms with E-state index in [2.05, 4.69) is 302 Å². The van der Waals surface area contributed by atoms with Crippen molar-refractivity contribution in [2.75, 3.05) is 0 Å². The molecule has 0 aliphatic carbocycles. The zero-order chi connectivity index (χ0) is 71.7. The highest BCUT2D eigenvalue weighted by molar-refractivity contribution is 6.96. The number of para-hydroxylation sites is 4. The first-order chi connectivity index (χ1) is 52.5. The largest absolute Gasteiger partial charge is 0.278 e. The van der Waals surface area contributed by atoms with E-state index in [0.29, 0.717) is 47.1 Å². The van der Waals surface area contributed by atoms with Crippen LogP contribution in [-0.4, -0.2) is 84.8 Å². The number of hydrogen-bond acceptors (Lipinski definition) is 12. The van der Waals surface area contributed by atoms with E-state index in [1.165, 1.54) is 75.1 Å². The van der Waals surface area contributed by atoms with Crippen LogP contribution in [0.5, 0.6) is 0 Å². The summed E-state index contributed by atoms with van der Waals surface area (Å²) in [5, 5.41) is 8.36. The molecule has 0 N–H and O–H groups in total. The van der Waals surface area contributed by atoms with Crippen LogP contribution >= 0.6 is 0 Å². The standard InChI is InChI=1S/C90H63BN16/c1-52-41-54(3)81(55(4)42-52)91(82-56(5)43-53(2)44-57(82)6)64-35-33-58(34-36-64)61-45-62(85-98-83(59-21-9-7-10-22-59)100-89(102-85)106-71-31-19-15-27-67(71)79-75(106)39-37-73-77(79)65-25-13-17-29-69(65)104(73)87-94-48-92-49-95-87)47-63(46-61)86-99-84(60-23-11-8-12-24-60)101-90(103-86)107-72-32-20-16-28-68(72)80-76(107)40-38-74-78(80)66-26-14-18-30-70(66)105(74)88-96-50-93-51-97-88/h7-51H,1-6H3. The molecule has 0 spiro atoms. The van der Waals surface area contributed by atoms with Crippen LogP contribution in [0.2, 0.25) is 0 Å². The Morgan fingerprint density at radius 2 is 0.542 bits per heavy atom. The molecule has 12 aromatic carbocycles. The molecule has 20 aromatic rings. The molecular formula is C90H63BN16. The van der Waals surface area contributed by atoms with E-state index < -0.39 is 0 Å². The molecule has 107 heavy (non-hydrogen) atoms. The maximum absolute atomic E-state index is 5.68. The zero-order valence-electron chi connectivity index (χ0n) is 59.2. The average Bonchev–Trinajstić information content (AvgIpc) is 1.55. The van der Waals surface area contributed by atoms with Crippen molar-refractivity contribution >= 4 is 110 Å². The van der Waals surface area contributed by atoms with Gasteiger partial charge in [-0.2, -0.15) is 19.9 Å². The van der Waals surface area contributed by atoms with Gasteiger partial charge >= 0.3 is 0 Å². The topological polar surface area (TPSA) is 174 Å². The Kier molecular flexibility index (Phi) is 14.6. The van der Waals surface area contributed by atoms with E-state index in [4.69, 9.17) is 29.9 Å². The highest BCUT2D eigenvalue weighted by Crippen LogP contribution is 2.45. The summed E-state index contributed by atoms with van der Waals surface area (Å²) < 4.78 is 8.58. The summed E-state index contributed by atoms with van der Waals surface area (Å²) in [4.78, 5) is 60.4. The number of fused-ring (bicyclic) bond motifs is 14. The molecule has 0 unspecified atom stereocenters. The van der Waals surface area contributed by atoms with Crippen molar-refractivity contribution in [1.29, 1.82) is 0 Å². The predicted molar refractivity (Wildman–Crippen MR) is 430 cm³/mol. The molecule has 506 valence electrons. The first kappa shape index (κ1) is 62.7. The molecule has 17 heteroatoms. The Morgan fingerprint density at radius 1 is 0.243 bits per heavy atom. The number of rotatable bonds is 12. The molecule has 16 nitrogen and oxygen atoms in total. The molecule has 0 radical (unpaired) electrons. The van der Waals surface area contributed by atoms with Gasteiger partial charge in [0.25, 0.3) is 0 Å². The molecule has 20 rings (SSSR count). The van der Waals surface area contributed by atoms with Crippen LogP contribution in [0.1, 0.15) is 33.4 Å². The molecule has 0 saturated carbocycles. The van der Waals surface area contributed by atoms with E-state index in [-0.39, 0.29) is 6.71 Å². The van der Waals surface area contributed by atoms with Gasteiger partial charge in [-0.3, -0.25) is 18.3 Å². The zero-order valence-corrected chi connectivity index (χ0v) is 59.2. The second-order valence-corrected chi connectivity index (χ2v) is 27.8. The first-order valence-electron chi connectivity index (χ1n) is 35.8. The van der Waals surface area contributed by atoms with Gasteiger partial charge in [0.05, 0.1) is 44.1 Å². The molecule has 0 fully saturated rings. The summed E-state index contributed by atoms with van der Waals surface area (Å²) in [6.07, 6.45) is 6.16. The van der Waals surface area contributed by atoms with Crippen LogP contribution in [0.3, 0.4) is 0 Å². The van der Waals surface area contributed by atoms with Crippen molar-refractivity contribution in [1.82, 2.24) is 78.1 Å². The number of hydrogen-bond donors (Lipinski definition) is 0. The van der Waals surface area contributed by atoms with E-state index in [1.807, 2.05) is 36.4 Å². The number of aromatic nitrogens is 16. The van der Waals surface area contributed by atoms with Crippen molar-refractivity contribution in [2.24, 2.45) is 0 Å². The minimum atomic E-state index is -0.0377. The fraction of sp³-hybridized carbons (Fsp3) is 0.0667. The van der Waals surface area contributed by atoms with Gasteiger partial charge in [-0.05, 0) is 119 Å². The van der Waals surface area contributed by atoms with Crippen LogP contribution in [0.4, 0.5) is 0 Å². The molecule has 0 aliphatic heterocycles. The molecule has 8 heterocycles. The smallest absolute Gasteiger partial charge is 0.242 e. The lowest BCUT2D eigenvalue weighted by atomic mass is 9.34. The first-order valence-corrected chi connectivity index (χ1v) is 35.8. The maximum Gasteiger partial charge on any atom is 0.242 e. The van der Waals surface area contributed by atoms with Crippen LogP contribution in [0.25, 0.3) is 168 Å². The van der Waals surface area contributed by atoms with Crippen molar-refractivity contribution < 1.29 is 0 Å². The minimum absolute atomic E-state index is 0.0377. The summed E-state index contributed by atoms with van der Waals surface area (Å²) in [5.41, 5.74) is 23.9. The summed E-state index contributed by atoms with van der Waals surface area (Å²) in [6, 6.07) is 87.7. The third kappa shape index (κ3) is 10.2. The lowest BCUT2D eigenvalue weighted by Crippen LogP contribution is -2.55. The maximum atomic E-state index is 5.68. The Labute approximate surface area is 614 Å². The van der Waals surface area contributed by atoms with Gasteiger partial charge in [0, 0.05) is 65.3 Å². The second-order valence-electron chi connectivity index (χ2n) is 27.8. The van der Waals surface area contributed by atoms with Crippen molar-refractivity contribution in [3.05, 3.63) is 307 Å². The number of nitrogens with zero attached hydrogens (tertiary/aromatic N) is 16. The monoisotopic (exact) mass is 1380 g/mol. The fourth-order valence-corrected chi connectivity index (χ4v) is 16.9. The van der Waals surface area contributed by atoms with E-state index in [1.54, 1.807) is 0 Å². The summed E-state index contributed by atoms with van der Waals surface area (Å²) in [5.74, 6) is 3.84. The minimum Gasteiger partial charge on any atom is -0.278 e. The van der Waals surface area contributed by atoms with E-state index in [9.17, 15) is 0 Å². The Bertz CT molecular complexity index is 6570. The molecule has 0 bridgehead atoms. The van der Waals surface area contributed by atoms with Crippen LogP contribution in [0, 0.1) is 41.5 Å². The molecular weight excluding hydrogens is 1320 g/mol. The van der Waals surface area contributed by atoms with Gasteiger partial charge < -0.3 is 0 Å². The van der Waals surface area contributed by atoms with E-state index in [0.717, 1.165) is 121 Å². The number of benzene rings is 12. The second kappa shape index (κ2) is 24.8. The average molecular weight is 1380 g/mol. The molecule has 8 aromatic heterocycles. The van der Waals surface area contributed by atoms with E-state index >= 15 is 0 Å². The predicted octanol–water partition coefficient (Wildman–Crippen LogP) is 17.5. The van der Waals surface area contributed by atoms with Gasteiger partial charge in [-0.15, -0.1) is 0 Å². The number of aryl methyl sites for hydroxylation is 6. The van der Waals surface area contributed by atoms with Crippen LogP contribution < -0.4 is 16.4 Å². The van der Waals surface area contributed by atoms with Gasteiger partial charge in [0.15, 0.2) is 23.3 Å². The Morgan fingerprint density at radius 3 is 0.888 bits per heavy atom. The van der Waals surface area contributed by atoms with Crippen molar-refractivity contribution in [3.63, 3.8) is 0 Å². The Hall–Kier alpha value is -14.1. The van der Waals surface area contributed by atoms with Crippen molar-refractivity contribution in [2.45, 2.75) is 41.5 Å². The normalized spacial score (nSPS) is 11.8. The highest BCUT2D eigenvalue weighted by atomic mass is 15.2. The van der Waals surface area contributed by atoms with Gasteiger partial charge in [-0.1, -0.05) is 232 Å². The van der Waals surface area contributed by atoms with Crippen LogP contribution in [-0.2, 0) is 0 Å². The van der Waals surface area contributed by atoms with Gasteiger partial charge in [0.1, 0.15) is 25.3 Å². The quantitative estimate of drug-likeness (QED) is 0.106.